The maximum absolute atomic E-state index is 10.8. The third-order valence-electron chi connectivity index (χ3n) is 2.94. The Kier molecular flexibility index (Phi) is 4.28. The fourth-order valence-electron chi connectivity index (χ4n) is 1.89. The molecule has 1 fully saturated rings. The molecule has 2 atom stereocenters. The van der Waals surface area contributed by atoms with Gasteiger partial charge in [0.15, 0.2) is 0 Å². The van der Waals surface area contributed by atoms with Gasteiger partial charge in [0.05, 0.1) is 25.0 Å². The fraction of sp³-hybridized carbons (Fsp3) is 0.636. The summed E-state index contributed by atoms with van der Waals surface area (Å²) in [5.41, 5.74) is 0.753. The number of morpholine rings is 1. The van der Waals surface area contributed by atoms with Crippen molar-refractivity contribution in [3.8, 4) is 0 Å². The molecule has 0 aliphatic carbocycles. The van der Waals surface area contributed by atoms with Gasteiger partial charge >= 0.3 is 5.97 Å². The second kappa shape index (κ2) is 5.75. The summed E-state index contributed by atoms with van der Waals surface area (Å²) in [5.74, 6) is -0.991. The van der Waals surface area contributed by atoms with Gasteiger partial charge in [0, 0.05) is 24.5 Å². The molecule has 1 aliphatic heterocycles. The highest BCUT2D eigenvalue weighted by molar-refractivity contribution is 7.11. The number of aromatic carboxylic acids is 1. The van der Waals surface area contributed by atoms with Crippen molar-refractivity contribution in [2.24, 2.45) is 0 Å². The van der Waals surface area contributed by atoms with E-state index in [0.717, 1.165) is 17.0 Å². The Labute approximate surface area is 109 Å². The Balaban J connectivity index is 2.00. The van der Waals surface area contributed by atoms with E-state index in [1.807, 2.05) is 6.92 Å². The van der Waals surface area contributed by atoms with Gasteiger partial charge in [-0.3, -0.25) is 4.90 Å². The summed E-state index contributed by atoms with van der Waals surface area (Å²) in [5, 5.41) is 19.8. The molecule has 0 radical (unpaired) electrons. The predicted octanol–water partition coefficient (Wildman–Crippen LogP) is 0.423. The van der Waals surface area contributed by atoms with E-state index in [2.05, 4.69) is 9.88 Å². The van der Waals surface area contributed by atoms with Gasteiger partial charge in [-0.2, -0.15) is 0 Å². The molecule has 6 nitrogen and oxygen atoms in total. The van der Waals surface area contributed by atoms with Crippen LogP contribution >= 0.6 is 11.3 Å². The van der Waals surface area contributed by atoms with Crippen LogP contribution in [0.5, 0.6) is 0 Å². The maximum atomic E-state index is 10.8. The number of carboxylic acids is 1. The van der Waals surface area contributed by atoms with Crippen molar-refractivity contribution in [3.63, 3.8) is 0 Å². The van der Waals surface area contributed by atoms with Crippen LogP contribution in [0.2, 0.25) is 0 Å². The van der Waals surface area contributed by atoms with Gasteiger partial charge in [-0.05, 0) is 6.92 Å². The molecule has 1 aliphatic rings. The highest BCUT2D eigenvalue weighted by Crippen LogP contribution is 2.17. The first-order chi connectivity index (χ1) is 8.60. The molecule has 0 amide bonds. The van der Waals surface area contributed by atoms with Crippen LogP contribution in [-0.4, -0.2) is 58.0 Å². The Hall–Kier alpha value is -1.02. The lowest BCUT2D eigenvalue weighted by Gasteiger charge is -2.36. The lowest BCUT2D eigenvalue weighted by molar-refractivity contribution is -0.0808. The maximum Gasteiger partial charge on any atom is 0.365 e. The number of carbonyl (C=O) groups is 1. The van der Waals surface area contributed by atoms with Crippen molar-refractivity contribution in [2.75, 3.05) is 19.8 Å². The Morgan fingerprint density at radius 3 is 3.11 bits per heavy atom. The average Bonchev–Trinajstić information content (AvgIpc) is 2.81. The highest BCUT2D eigenvalue weighted by atomic mass is 32.1. The van der Waals surface area contributed by atoms with Crippen molar-refractivity contribution in [1.82, 2.24) is 9.88 Å². The van der Waals surface area contributed by atoms with Crippen LogP contribution in [0, 0.1) is 0 Å². The number of aliphatic hydroxyl groups excluding tert-OH is 1. The molecule has 18 heavy (non-hydrogen) atoms. The van der Waals surface area contributed by atoms with Crippen LogP contribution in [-0.2, 0) is 11.3 Å². The summed E-state index contributed by atoms with van der Waals surface area (Å²) in [6, 6.07) is 0.239. The number of aromatic nitrogens is 1. The summed E-state index contributed by atoms with van der Waals surface area (Å²) in [6.07, 6.45) is -0.168. The fourth-order valence-corrected chi connectivity index (χ4v) is 2.54. The summed E-state index contributed by atoms with van der Waals surface area (Å²) >= 11 is 1.14. The number of hydrogen-bond donors (Lipinski definition) is 2. The first kappa shape index (κ1) is 13.4. The number of rotatable bonds is 4. The van der Waals surface area contributed by atoms with Crippen molar-refractivity contribution < 1.29 is 19.7 Å². The van der Waals surface area contributed by atoms with Crippen LogP contribution in [0.3, 0.4) is 0 Å². The molecule has 1 aromatic heterocycles. The minimum absolute atomic E-state index is 0.000656. The van der Waals surface area contributed by atoms with Gasteiger partial charge in [-0.25, -0.2) is 9.78 Å². The van der Waals surface area contributed by atoms with Crippen LogP contribution in [0.1, 0.15) is 22.4 Å². The minimum atomic E-state index is -0.991. The molecule has 2 heterocycles. The van der Waals surface area contributed by atoms with E-state index in [1.165, 1.54) is 0 Å². The Bertz CT molecular complexity index is 423. The van der Waals surface area contributed by atoms with Crippen LogP contribution < -0.4 is 0 Å². The van der Waals surface area contributed by atoms with Crippen molar-refractivity contribution in [1.29, 1.82) is 0 Å². The van der Waals surface area contributed by atoms with E-state index < -0.39 is 5.97 Å². The molecule has 2 N–H and O–H groups in total. The summed E-state index contributed by atoms with van der Waals surface area (Å²) in [4.78, 5) is 17.0. The zero-order valence-electron chi connectivity index (χ0n) is 10.1. The van der Waals surface area contributed by atoms with E-state index in [4.69, 9.17) is 14.9 Å². The van der Waals surface area contributed by atoms with Crippen LogP contribution in [0.15, 0.2) is 5.38 Å². The third kappa shape index (κ3) is 3.05. The zero-order valence-corrected chi connectivity index (χ0v) is 10.9. The molecule has 2 unspecified atom stereocenters. The molecule has 0 bridgehead atoms. The predicted molar refractivity (Wildman–Crippen MR) is 65.8 cm³/mol. The summed E-state index contributed by atoms with van der Waals surface area (Å²) < 4.78 is 5.45. The van der Waals surface area contributed by atoms with Crippen LogP contribution in [0.25, 0.3) is 0 Å². The van der Waals surface area contributed by atoms with Gasteiger partial charge in [0.2, 0.25) is 5.01 Å². The molecule has 2 rings (SSSR count). The number of nitrogens with zero attached hydrogens (tertiary/aromatic N) is 2. The minimum Gasteiger partial charge on any atom is -0.476 e. The van der Waals surface area contributed by atoms with Crippen LogP contribution in [0.4, 0.5) is 0 Å². The molecule has 0 aromatic carbocycles. The van der Waals surface area contributed by atoms with Gasteiger partial charge in [0.1, 0.15) is 0 Å². The number of hydrogen-bond acceptors (Lipinski definition) is 6. The smallest absolute Gasteiger partial charge is 0.365 e. The van der Waals surface area contributed by atoms with Crippen molar-refractivity contribution >= 4 is 17.3 Å². The SMILES string of the molecule is CC1COC(CO)CN1Cc1csc(C(=O)O)n1. The number of aliphatic hydroxyl groups is 1. The lowest BCUT2D eigenvalue weighted by atomic mass is 10.2. The zero-order chi connectivity index (χ0) is 13.1. The monoisotopic (exact) mass is 272 g/mol. The first-order valence-corrected chi connectivity index (χ1v) is 6.62. The number of thiazole rings is 1. The molecule has 1 aromatic rings. The average molecular weight is 272 g/mol. The Morgan fingerprint density at radius 1 is 1.72 bits per heavy atom. The van der Waals surface area contributed by atoms with Gasteiger partial charge in [-0.15, -0.1) is 11.3 Å². The second-order valence-electron chi connectivity index (χ2n) is 4.37. The van der Waals surface area contributed by atoms with Gasteiger partial charge < -0.3 is 14.9 Å². The van der Waals surface area contributed by atoms with E-state index in [1.54, 1.807) is 5.38 Å². The molecule has 0 spiro atoms. The normalized spacial score (nSPS) is 25.2. The quantitative estimate of drug-likeness (QED) is 0.826. The Morgan fingerprint density at radius 2 is 2.50 bits per heavy atom. The van der Waals surface area contributed by atoms with Gasteiger partial charge in [-0.1, -0.05) is 0 Å². The largest absolute Gasteiger partial charge is 0.476 e. The lowest BCUT2D eigenvalue weighted by Crippen LogP contribution is -2.48. The topological polar surface area (TPSA) is 82.9 Å². The first-order valence-electron chi connectivity index (χ1n) is 5.74. The van der Waals surface area contributed by atoms with Crippen molar-refractivity contribution in [2.45, 2.75) is 25.6 Å². The molecule has 7 heteroatoms. The second-order valence-corrected chi connectivity index (χ2v) is 5.22. The molecular weight excluding hydrogens is 256 g/mol. The molecule has 100 valence electrons. The van der Waals surface area contributed by atoms with E-state index >= 15 is 0 Å². The van der Waals surface area contributed by atoms with E-state index in [9.17, 15) is 4.79 Å². The summed E-state index contributed by atoms with van der Waals surface area (Å²) in [6.45, 7) is 3.84. The van der Waals surface area contributed by atoms with E-state index in [-0.39, 0.29) is 23.8 Å². The standard InChI is InChI=1S/C11H16N2O4S/c1-7-5-17-9(4-14)3-13(7)2-8-6-18-10(12-8)11(15)16/h6-7,9,14H,2-5H2,1H3,(H,15,16). The number of carboxylic acid groups (broad SMARTS) is 1. The molecule has 1 saturated heterocycles. The van der Waals surface area contributed by atoms with Gasteiger partial charge in [0.25, 0.3) is 0 Å². The third-order valence-corrected chi connectivity index (χ3v) is 3.82. The van der Waals surface area contributed by atoms with Crippen molar-refractivity contribution in [3.05, 3.63) is 16.1 Å². The number of ether oxygens (including phenoxy) is 1. The summed E-state index contributed by atoms with van der Waals surface area (Å²) in [7, 11) is 0. The molecular formula is C11H16N2O4S. The highest BCUT2D eigenvalue weighted by Gasteiger charge is 2.26. The van der Waals surface area contributed by atoms with E-state index in [0.29, 0.717) is 19.7 Å². The molecule has 0 saturated carbocycles.